The van der Waals surface area contributed by atoms with E-state index in [4.69, 9.17) is 9.47 Å². The third-order valence-electron chi connectivity index (χ3n) is 3.09. The molecule has 0 spiro atoms. The molecule has 6 heteroatoms. The molecule has 20 heavy (non-hydrogen) atoms. The summed E-state index contributed by atoms with van der Waals surface area (Å²) in [6.45, 7) is 8.06. The molecule has 0 aromatic carbocycles. The van der Waals surface area contributed by atoms with E-state index in [2.05, 4.69) is 36.3 Å². The van der Waals surface area contributed by atoms with Crippen molar-refractivity contribution in [1.29, 1.82) is 0 Å². The van der Waals surface area contributed by atoms with Gasteiger partial charge in [-0.25, -0.2) is 0 Å². The maximum atomic E-state index is 5.58. The Morgan fingerprint density at radius 3 is 2.70 bits per heavy atom. The summed E-state index contributed by atoms with van der Waals surface area (Å²) in [6, 6.07) is 0.0968. The Hall–Kier alpha value is -1.11. The number of hydrogen-bond donors (Lipinski definition) is 1. The van der Waals surface area contributed by atoms with Crippen LogP contribution in [0.3, 0.4) is 0 Å². The Balaban J connectivity index is 2.93. The second-order valence-corrected chi connectivity index (χ2v) is 4.89. The Labute approximate surface area is 122 Å². The standard InChI is InChI=1S/C14H28N4O2/c1-6-15-12(11-20-7-2)14-13(19-5)10-16-18(14)9-8-17(3)4/h10,12,15H,6-9,11H2,1-5H3. The first-order chi connectivity index (χ1) is 9.63. The van der Waals surface area contributed by atoms with Gasteiger partial charge in [0, 0.05) is 13.2 Å². The van der Waals surface area contributed by atoms with Gasteiger partial charge in [-0.05, 0) is 27.6 Å². The number of nitrogens with one attached hydrogen (secondary N) is 1. The SMILES string of the molecule is CCNC(COCC)c1c(OC)cnn1CCN(C)C. The normalized spacial score (nSPS) is 12.9. The number of rotatable bonds is 10. The lowest BCUT2D eigenvalue weighted by Crippen LogP contribution is -2.29. The molecule has 1 heterocycles. The highest BCUT2D eigenvalue weighted by Crippen LogP contribution is 2.25. The Morgan fingerprint density at radius 1 is 1.40 bits per heavy atom. The van der Waals surface area contributed by atoms with E-state index in [9.17, 15) is 0 Å². The van der Waals surface area contributed by atoms with Gasteiger partial charge in [0.1, 0.15) is 0 Å². The van der Waals surface area contributed by atoms with Crippen LogP contribution in [0, 0.1) is 0 Å². The summed E-state index contributed by atoms with van der Waals surface area (Å²) in [7, 11) is 5.80. The molecule has 0 saturated heterocycles. The highest BCUT2D eigenvalue weighted by atomic mass is 16.5. The van der Waals surface area contributed by atoms with E-state index >= 15 is 0 Å². The van der Waals surface area contributed by atoms with Gasteiger partial charge in [-0.1, -0.05) is 6.92 Å². The van der Waals surface area contributed by atoms with Crippen LogP contribution in [0.1, 0.15) is 25.6 Å². The molecule has 1 atom stereocenters. The maximum absolute atomic E-state index is 5.58. The first-order valence-electron chi connectivity index (χ1n) is 7.19. The van der Waals surface area contributed by atoms with Crippen molar-refractivity contribution in [3.8, 4) is 5.75 Å². The monoisotopic (exact) mass is 284 g/mol. The molecule has 1 rings (SSSR count). The molecule has 1 aromatic heterocycles. The molecule has 0 saturated carbocycles. The predicted molar refractivity (Wildman–Crippen MR) is 80.2 cm³/mol. The number of aromatic nitrogens is 2. The number of ether oxygens (including phenoxy) is 2. The van der Waals surface area contributed by atoms with Crippen LogP contribution in [-0.4, -0.2) is 62.2 Å². The van der Waals surface area contributed by atoms with Crippen LogP contribution in [-0.2, 0) is 11.3 Å². The van der Waals surface area contributed by atoms with Crippen molar-refractivity contribution in [2.24, 2.45) is 0 Å². The van der Waals surface area contributed by atoms with Crippen molar-refractivity contribution in [3.05, 3.63) is 11.9 Å². The second-order valence-electron chi connectivity index (χ2n) is 4.89. The summed E-state index contributed by atoms with van der Waals surface area (Å²) in [5.74, 6) is 0.814. The maximum Gasteiger partial charge on any atom is 0.161 e. The molecule has 0 radical (unpaired) electrons. The summed E-state index contributed by atoms with van der Waals surface area (Å²) in [5.41, 5.74) is 1.06. The molecule has 0 bridgehead atoms. The molecule has 0 aliphatic heterocycles. The Morgan fingerprint density at radius 2 is 2.15 bits per heavy atom. The molecule has 0 aliphatic rings. The number of likely N-dealkylation sites (N-methyl/N-ethyl adjacent to an activating group) is 2. The second kappa shape index (κ2) is 8.94. The minimum atomic E-state index is 0.0968. The van der Waals surface area contributed by atoms with Crippen molar-refractivity contribution >= 4 is 0 Å². The van der Waals surface area contributed by atoms with Crippen molar-refractivity contribution in [2.45, 2.75) is 26.4 Å². The van der Waals surface area contributed by atoms with Crippen LogP contribution in [0.2, 0.25) is 0 Å². The van der Waals surface area contributed by atoms with Crippen molar-refractivity contribution in [3.63, 3.8) is 0 Å². The fourth-order valence-corrected chi connectivity index (χ4v) is 2.08. The summed E-state index contributed by atoms with van der Waals surface area (Å²) >= 11 is 0. The average molecular weight is 284 g/mol. The van der Waals surface area contributed by atoms with Gasteiger partial charge in [0.05, 0.1) is 38.2 Å². The molecule has 1 aromatic rings. The highest BCUT2D eigenvalue weighted by Gasteiger charge is 2.21. The van der Waals surface area contributed by atoms with E-state index < -0.39 is 0 Å². The molecule has 1 unspecified atom stereocenters. The predicted octanol–water partition coefficient (Wildman–Crippen LogP) is 1.14. The van der Waals surface area contributed by atoms with E-state index in [-0.39, 0.29) is 6.04 Å². The lowest BCUT2D eigenvalue weighted by Gasteiger charge is -2.21. The number of hydrogen-bond acceptors (Lipinski definition) is 5. The first kappa shape index (κ1) is 16.9. The topological polar surface area (TPSA) is 51.5 Å². The third kappa shape index (κ3) is 4.77. The fourth-order valence-electron chi connectivity index (χ4n) is 2.08. The van der Waals surface area contributed by atoms with E-state index in [0.29, 0.717) is 13.2 Å². The van der Waals surface area contributed by atoms with E-state index in [1.807, 2.05) is 11.6 Å². The van der Waals surface area contributed by atoms with Crippen LogP contribution in [0.25, 0.3) is 0 Å². The van der Waals surface area contributed by atoms with Crippen molar-refractivity contribution in [2.75, 3.05) is 47.5 Å². The zero-order valence-electron chi connectivity index (χ0n) is 13.3. The van der Waals surface area contributed by atoms with Gasteiger partial charge in [0.25, 0.3) is 0 Å². The van der Waals surface area contributed by atoms with Gasteiger partial charge in [-0.15, -0.1) is 0 Å². The molecule has 1 N–H and O–H groups in total. The highest BCUT2D eigenvalue weighted by molar-refractivity contribution is 5.28. The van der Waals surface area contributed by atoms with E-state index in [1.54, 1.807) is 13.3 Å². The molecular weight excluding hydrogens is 256 g/mol. The molecule has 116 valence electrons. The summed E-state index contributed by atoms with van der Waals surface area (Å²) in [6.07, 6.45) is 1.78. The smallest absolute Gasteiger partial charge is 0.161 e. The molecule has 0 fully saturated rings. The molecule has 6 nitrogen and oxygen atoms in total. The lowest BCUT2D eigenvalue weighted by molar-refractivity contribution is 0.119. The molecular formula is C14H28N4O2. The van der Waals surface area contributed by atoms with Crippen LogP contribution < -0.4 is 10.1 Å². The number of nitrogens with zero attached hydrogens (tertiary/aromatic N) is 3. The van der Waals surface area contributed by atoms with Crippen LogP contribution >= 0.6 is 0 Å². The van der Waals surface area contributed by atoms with Crippen molar-refractivity contribution < 1.29 is 9.47 Å². The quantitative estimate of drug-likeness (QED) is 0.698. The third-order valence-corrected chi connectivity index (χ3v) is 3.09. The zero-order chi connectivity index (χ0) is 15.0. The van der Waals surface area contributed by atoms with Gasteiger partial charge < -0.3 is 19.7 Å². The van der Waals surface area contributed by atoms with Crippen molar-refractivity contribution in [1.82, 2.24) is 20.0 Å². The van der Waals surface area contributed by atoms with E-state index in [0.717, 1.165) is 31.1 Å². The largest absolute Gasteiger partial charge is 0.493 e. The molecule has 0 aliphatic carbocycles. The first-order valence-corrected chi connectivity index (χ1v) is 7.19. The minimum absolute atomic E-state index is 0.0968. The zero-order valence-corrected chi connectivity index (χ0v) is 13.3. The summed E-state index contributed by atoms with van der Waals surface area (Å²) in [5, 5.41) is 7.88. The van der Waals surface area contributed by atoms with Crippen LogP contribution in [0.5, 0.6) is 5.75 Å². The number of methoxy groups -OCH3 is 1. The summed E-state index contributed by atoms with van der Waals surface area (Å²) in [4.78, 5) is 2.14. The summed E-state index contributed by atoms with van der Waals surface area (Å²) < 4.78 is 13.0. The fraction of sp³-hybridized carbons (Fsp3) is 0.786. The average Bonchev–Trinajstić information content (AvgIpc) is 2.84. The van der Waals surface area contributed by atoms with Gasteiger partial charge in [-0.3, -0.25) is 4.68 Å². The molecule has 0 amide bonds. The minimum Gasteiger partial charge on any atom is -0.493 e. The Kier molecular flexibility index (Phi) is 7.58. The van der Waals surface area contributed by atoms with Crippen LogP contribution in [0.4, 0.5) is 0 Å². The van der Waals surface area contributed by atoms with Gasteiger partial charge >= 0.3 is 0 Å². The lowest BCUT2D eigenvalue weighted by atomic mass is 10.2. The van der Waals surface area contributed by atoms with E-state index in [1.165, 1.54) is 0 Å². The van der Waals surface area contributed by atoms with Gasteiger partial charge in [0.2, 0.25) is 0 Å². The Bertz CT molecular complexity index is 379. The van der Waals surface area contributed by atoms with Gasteiger partial charge in [0.15, 0.2) is 5.75 Å². The van der Waals surface area contributed by atoms with Crippen LogP contribution in [0.15, 0.2) is 6.20 Å². The van der Waals surface area contributed by atoms with Gasteiger partial charge in [-0.2, -0.15) is 5.10 Å².